The number of hydrogen-bond donors (Lipinski definition) is 1. The van der Waals surface area contributed by atoms with Crippen LogP contribution in [0.3, 0.4) is 0 Å². The Morgan fingerprint density at radius 2 is 1.95 bits per heavy atom. The van der Waals surface area contributed by atoms with E-state index in [2.05, 4.69) is 21.2 Å². The normalized spacial score (nSPS) is 10.5. The van der Waals surface area contributed by atoms with Gasteiger partial charge in [0.15, 0.2) is 0 Å². The lowest BCUT2D eigenvalue weighted by Crippen LogP contribution is -2.13. The van der Waals surface area contributed by atoms with Crippen molar-refractivity contribution in [1.82, 2.24) is 5.32 Å². The molecule has 0 saturated heterocycles. The number of nitro benzene ring substituents is 1. The lowest BCUT2D eigenvalue weighted by Gasteiger charge is -2.07. The lowest BCUT2D eigenvalue weighted by molar-refractivity contribution is -0.385. The molecule has 0 unspecified atom stereocenters. The second-order valence-corrected chi connectivity index (χ2v) is 5.43. The first kappa shape index (κ1) is 14.7. The Labute approximate surface area is 126 Å². The fourth-order valence-electron chi connectivity index (χ4n) is 1.94. The first-order valence-corrected chi connectivity index (χ1v) is 7.05. The molecule has 0 amide bonds. The van der Waals surface area contributed by atoms with E-state index in [0.29, 0.717) is 18.7 Å². The molecule has 0 aromatic heterocycles. The van der Waals surface area contributed by atoms with E-state index < -0.39 is 0 Å². The quantitative estimate of drug-likeness (QED) is 0.665. The topological polar surface area (TPSA) is 55.2 Å². The third-order valence-electron chi connectivity index (χ3n) is 3.07. The Morgan fingerprint density at radius 3 is 2.65 bits per heavy atom. The zero-order chi connectivity index (χ0) is 14.5. The number of hydrogen-bond acceptors (Lipinski definition) is 3. The molecule has 0 radical (unpaired) electrons. The molecule has 0 bridgehead atoms. The lowest BCUT2D eigenvalue weighted by atomic mass is 10.1. The molecule has 0 aliphatic carbocycles. The number of nitro groups is 1. The van der Waals surface area contributed by atoms with Crippen LogP contribution in [0.5, 0.6) is 0 Å². The van der Waals surface area contributed by atoms with Gasteiger partial charge >= 0.3 is 0 Å². The van der Waals surface area contributed by atoms with Crippen molar-refractivity contribution in [2.45, 2.75) is 20.0 Å². The summed E-state index contributed by atoms with van der Waals surface area (Å²) in [7, 11) is 0. The van der Waals surface area contributed by atoms with Crippen LogP contribution in [0.1, 0.15) is 16.7 Å². The Balaban J connectivity index is 2.00. The molecule has 20 heavy (non-hydrogen) atoms. The van der Waals surface area contributed by atoms with E-state index in [9.17, 15) is 10.1 Å². The standard InChI is InChI=1S/C15H15BrN2O2/c1-11-6-7-12(8-15(11)18(19)20)9-17-10-13-4-2-3-5-14(13)16/h2-8,17H,9-10H2,1H3. The molecular formula is C15H15BrN2O2. The maximum atomic E-state index is 10.9. The second-order valence-electron chi connectivity index (χ2n) is 4.57. The molecule has 2 aromatic rings. The van der Waals surface area contributed by atoms with E-state index in [4.69, 9.17) is 0 Å². The highest BCUT2D eigenvalue weighted by atomic mass is 79.9. The monoisotopic (exact) mass is 334 g/mol. The van der Waals surface area contributed by atoms with Gasteiger partial charge in [0.1, 0.15) is 0 Å². The average molecular weight is 335 g/mol. The Kier molecular flexibility index (Phi) is 4.87. The predicted octanol–water partition coefficient (Wildman–Crippen LogP) is 3.96. The van der Waals surface area contributed by atoms with Gasteiger partial charge in [-0.1, -0.05) is 46.3 Å². The van der Waals surface area contributed by atoms with Crippen LogP contribution in [0.2, 0.25) is 0 Å². The van der Waals surface area contributed by atoms with Crippen molar-refractivity contribution < 1.29 is 4.92 Å². The number of rotatable bonds is 5. The molecule has 5 heteroatoms. The van der Waals surface area contributed by atoms with Gasteiger partial charge in [-0.2, -0.15) is 0 Å². The first-order chi connectivity index (χ1) is 9.58. The van der Waals surface area contributed by atoms with Gasteiger partial charge in [0, 0.05) is 29.2 Å². The molecule has 0 saturated carbocycles. The van der Waals surface area contributed by atoms with Crippen LogP contribution < -0.4 is 5.32 Å². The number of benzene rings is 2. The van der Waals surface area contributed by atoms with Gasteiger partial charge in [-0.05, 0) is 24.1 Å². The van der Waals surface area contributed by atoms with Crippen molar-refractivity contribution in [2.75, 3.05) is 0 Å². The molecule has 0 aliphatic heterocycles. The molecule has 104 valence electrons. The largest absolute Gasteiger partial charge is 0.309 e. The van der Waals surface area contributed by atoms with Crippen molar-refractivity contribution in [3.05, 3.63) is 73.7 Å². The van der Waals surface area contributed by atoms with Gasteiger partial charge in [0.25, 0.3) is 5.69 Å². The summed E-state index contributed by atoms with van der Waals surface area (Å²) in [6.45, 7) is 3.06. The van der Waals surface area contributed by atoms with Crippen LogP contribution in [-0.2, 0) is 13.1 Å². The van der Waals surface area contributed by atoms with Gasteiger partial charge < -0.3 is 5.32 Å². The summed E-state index contributed by atoms with van der Waals surface area (Å²) in [4.78, 5) is 10.6. The summed E-state index contributed by atoms with van der Waals surface area (Å²) in [6.07, 6.45) is 0. The fraction of sp³-hybridized carbons (Fsp3) is 0.200. The Morgan fingerprint density at radius 1 is 1.20 bits per heavy atom. The summed E-state index contributed by atoms with van der Waals surface area (Å²) in [5.41, 5.74) is 2.93. The minimum Gasteiger partial charge on any atom is -0.309 e. The molecule has 2 rings (SSSR count). The second kappa shape index (κ2) is 6.63. The summed E-state index contributed by atoms with van der Waals surface area (Å²) >= 11 is 3.49. The predicted molar refractivity (Wildman–Crippen MR) is 82.5 cm³/mol. The summed E-state index contributed by atoms with van der Waals surface area (Å²) in [6, 6.07) is 13.3. The summed E-state index contributed by atoms with van der Waals surface area (Å²) in [5.74, 6) is 0. The number of nitrogens with zero attached hydrogens (tertiary/aromatic N) is 1. The van der Waals surface area contributed by atoms with E-state index in [1.165, 1.54) is 0 Å². The van der Waals surface area contributed by atoms with Crippen LogP contribution in [0.4, 0.5) is 5.69 Å². The number of nitrogens with one attached hydrogen (secondary N) is 1. The molecule has 0 atom stereocenters. The smallest absolute Gasteiger partial charge is 0.272 e. The maximum Gasteiger partial charge on any atom is 0.272 e. The third-order valence-corrected chi connectivity index (χ3v) is 3.85. The van der Waals surface area contributed by atoms with Crippen LogP contribution in [-0.4, -0.2) is 4.92 Å². The highest BCUT2D eigenvalue weighted by Gasteiger charge is 2.10. The average Bonchev–Trinajstić information content (AvgIpc) is 2.42. The SMILES string of the molecule is Cc1ccc(CNCc2ccccc2Br)cc1[N+](=O)[O-]. The zero-order valence-electron chi connectivity index (χ0n) is 11.1. The Hall–Kier alpha value is -1.72. The van der Waals surface area contributed by atoms with Gasteiger partial charge in [-0.15, -0.1) is 0 Å². The van der Waals surface area contributed by atoms with Crippen LogP contribution in [0, 0.1) is 17.0 Å². The first-order valence-electron chi connectivity index (χ1n) is 6.26. The van der Waals surface area contributed by atoms with Crippen molar-refractivity contribution in [2.24, 2.45) is 0 Å². The fourth-order valence-corrected chi connectivity index (χ4v) is 2.37. The van der Waals surface area contributed by atoms with Gasteiger partial charge in [0.2, 0.25) is 0 Å². The molecule has 0 spiro atoms. The molecule has 1 N–H and O–H groups in total. The van der Waals surface area contributed by atoms with Gasteiger partial charge in [-0.3, -0.25) is 10.1 Å². The van der Waals surface area contributed by atoms with Gasteiger partial charge in [-0.25, -0.2) is 0 Å². The van der Waals surface area contributed by atoms with Crippen molar-refractivity contribution in [3.63, 3.8) is 0 Å². The van der Waals surface area contributed by atoms with E-state index in [0.717, 1.165) is 15.6 Å². The summed E-state index contributed by atoms with van der Waals surface area (Å²) in [5, 5.41) is 14.2. The molecule has 0 fully saturated rings. The number of aryl methyl sites for hydroxylation is 1. The van der Waals surface area contributed by atoms with E-state index in [1.807, 2.05) is 30.3 Å². The maximum absolute atomic E-state index is 10.9. The van der Waals surface area contributed by atoms with Crippen LogP contribution in [0.15, 0.2) is 46.9 Å². The van der Waals surface area contributed by atoms with Crippen LogP contribution >= 0.6 is 15.9 Å². The highest BCUT2D eigenvalue weighted by molar-refractivity contribution is 9.10. The minimum absolute atomic E-state index is 0.171. The zero-order valence-corrected chi connectivity index (χ0v) is 12.7. The van der Waals surface area contributed by atoms with Gasteiger partial charge in [0.05, 0.1) is 4.92 Å². The molecule has 4 nitrogen and oxygen atoms in total. The summed E-state index contributed by atoms with van der Waals surface area (Å²) < 4.78 is 1.06. The number of halogens is 1. The Bertz CT molecular complexity index is 629. The van der Waals surface area contributed by atoms with Crippen LogP contribution in [0.25, 0.3) is 0 Å². The third kappa shape index (κ3) is 3.65. The van der Waals surface area contributed by atoms with E-state index >= 15 is 0 Å². The molecular weight excluding hydrogens is 320 g/mol. The molecule has 0 aliphatic rings. The van der Waals surface area contributed by atoms with Crippen molar-refractivity contribution in [1.29, 1.82) is 0 Å². The highest BCUT2D eigenvalue weighted by Crippen LogP contribution is 2.19. The minimum atomic E-state index is -0.341. The van der Waals surface area contributed by atoms with Crippen molar-refractivity contribution in [3.8, 4) is 0 Å². The van der Waals surface area contributed by atoms with E-state index in [1.54, 1.807) is 19.1 Å². The molecule has 2 aromatic carbocycles. The molecule has 0 heterocycles. The van der Waals surface area contributed by atoms with Crippen molar-refractivity contribution >= 4 is 21.6 Å². The van der Waals surface area contributed by atoms with E-state index in [-0.39, 0.29) is 10.6 Å².